The molecular weight excluding hydrogens is 258 g/mol. The predicted octanol–water partition coefficient (Wildman–Crippen LogP) is 3.39. The third-order valence-electron chi connectivity index (χ3n) is 1.87. The first kappa shape index (κ1) is 14.3. The number of para-hydroxylation sites is 1. The standard InChI is InChI=1S/C12H14ClNO4/c1-12(2,3)18-11(17)14-9-7(10(15)16)5-4-6-8(9)13/h4-6H,1-3H3,(H,14,17)(H,15,16). The number of hydrogen-bond donors (Lipinski definition) is 2. The molecule has 0 radical (unpaired) electrons. The van der Waals surface area contributed by atoms with Crippen LogP contribution in [-0.2, 0) is 4.74 Å². The zero-order chi connectivity index (χ0) is 13.9. The molecule has 0 aliphatic rings. The molecule has 0 aliphatic heterocycles. The summed E-state index contributed by atoms with van der Waals surface area (Å²) in [6, 6.07) is 4.33. The smallest absolute Gasteiger partial charge is 0.412 e. The quantitative estimate of drug-likeness (QED) is 0.864. The molecule has 5 nitrogen and oxygen atoms in total. The number of halogens is 1. The first-order chi connectivity index (χ1) is 8.20. The number of carbonyl (C=O) groups excluding carboxylic acids is 1. The van der Waals surface area contributed by atoms with Gasteiger partial charge in [0, 0.05) is 0 Å². The van der Waals surface area contributed by atoms with Gasteiger partial charge in [-0.3, -0.25) is 5.32 Å². The summed E-state index contributed by atoms with van der Waals surface area (Å²) in [5.74, 6) is -1.18. The van der Waals surface area contributed by atoms with Gasteiger partial charge in [-0.15, -0.1) is 0 Å². The number of aromatic carboxylic acids is 1. The summed E-state index contributed by atoms with van der Waals surface area (Å²) in [4.78, 5) is 22.6. The van der Waals surface area contributed by atoms with E-state index >= 15 is 0 Å². The van der Waals surface area contributed by atoms with Crippen LogP contribution in [0.2, 0.25) is 5.02 Å². The van der Waals surface area contributed by atoms with Gasteiger partial charge in [-0.1, -0.05) is 17.7 Å². The van der Waals surface area contributed by atoms with Gasteiger partial charge in [-0.2, -0.15) is 0 Å². The van der Waals surface area contributed by atoms with Gasteiger partial charge in [-0.05, 0) is 32.9 Å². The minimum atomic E-state index is -1.18. The maximum atomic E-state index is 11.6. The van der Waals surface area contributed by atoms with Crippen LogP contribution in [-0.4, -0.2) is 22.8 Å². The third kappa shape index (κ3) is 3.92. The van der Waals surface area contributed by atoms with E-state index in [-0.39, 0.29) is 16.3 Å². The van der Waals surface area contributed by atoms with Crippen LogP contribution in [0.5, 0.6) is 0 Å². The lowest BCUT2D eigenvalue weighted by Gasteiger charge is -2.20. The Morgan fingerprint density at radius 1 is 1.33 bits per heavy atom. The zero-order valence-electron chi connectivity index (χ0n) is 10.3. The number of carbonyl (C=O) groups is 2. The summed E-state index contributed by atoms with van der Waals surface area (Å²) in [5.41, 5.74) is -0.733. The number of ether oxygens (including phenoxy) is 1. The minimum absolute atomic E-state index is 0.0286. The fourth-order valence-corrected chi connectivity index (χ4v) is 1.46. The van der Waals surface area contributed by atoms with Gasteiger partial charge in [0.1, 0.15) is 5.60 Å². The van der Waals surface area contributed by atoms with Crippen LogP contribution >= 0.6 is 11.6 Å². The molecule has 0 saturated carbocycles. The van der Waals surface area contributed by atoms with Crippen molar-refractivity contribution in [3.05, 3.63) is 28.8 Å². The van der Waals surface area contributed by atoms with Crippen molar-refractivity contribution in [3.8, 4) is 0 Å². The number of amides is 1. The van der Waals surface area contributed by atoms with Crippen molar-refractivity contribution in [1.29, 1.82) is 0 Å². The van der Waals surface area contributed by atoms with Crippen LogP contribution in [0.3, 0.4) is 0 Å². The average molecular weight is 272 g/mol. The van der Waals surface area contributed by atoms with Crippen LogP contribution in [0.15, 0.2) is 18.2 Å². The molecule has 0 spiro atoms. The number of carboxylic acids is 1. The molecule has 1 rings (SSSR count). The Kier molecular flexibility index (Phi) is 4.19. The molecule has 0 bridgehead atoms. The molecule has 0 aromatic heterocycles. The van der Waals surface area contributed by atoms with E-state index in [0.717, 1.165) is 0 Å². The Balaban J connectivity index is 2.97. The van der Waals surface area contributed by atoms with E-state index in [0.29, 0.717) is 0 Å². The average Bonchev–Trinajstić information content (AvgIpc) is 2.17. The van der Waals surface area contributed by atoms with Gasteiger partial charge in [0.15, 0.2) is 0 Å². The molecule has 0 saturated heterocycles. The monoisotopic (exact) mass is 271 g/mol. The molecule has 98 valence electrons. The second-order valence-corrected chi connectivity index (χ2v) is 5.00. The number of rotatable bonds is 2. The summed E-state index contributed by atoms with van der Waals surface area (Å²) < 4.78 is 5.03. The van der Waals surface area contributed by atoms with E-state index in [1.54, 1.807) is 20.8 Å². The summed E-state index contributed by atoms with van der Waals surface area (Å²) in [6.45, 7) is 5.12. The molecule has 1 aromatic carbocycles. The third-order valence-corrected chi connectivity index (χ3v) is 2.18. The number of benzene rings is 1. The van der Waals surface area contributed by atoms with Crippen molar-refractivity contribution in [2.24, 2.45) is 0 Å². The normalized spacial score (nSPS) is 10.9. The van der Waals surface area contributed by atoms with Gasteiger partial charge in [0.2, 0.25) is 0 Å². The molecular formula is C12H14ClNO4. The Hall–Kier alpha value is -1.75. The fourth-order valence-electron chi connectivity index (χ4n) is 1.24. The first-order valence-corrected chi connectivity index (χ1v) is 5.60. The lowest BCUT2D eigenvalue weighted by Crippen LogP contribution is -2.27. The minimum Gasteiger partial charge on any atom is -0.478 e. The highest BCUT2D eigenvalue weighted by Crippen LogP contribution is 2.26. The highest BCUT2D eigenvalue weighted by Gasteiger charge is 2.20. The van der Waals surface area contributed by atoms with Crippen molar-refractivity contribution in [1.82, 2.24) is 0 Å². The van der Waals surface area contributed by atoms with Crippen molar-refractivity contribution in [2.75, 3.05) is 5.32 Å². The second-order valence-electron chi connectivity index (χ2n) is 4.59. The second kappa shape index (κ2) is 5.27. The molecule has 0 atom stereocenters. The Bertz CT molecular complexity index is 479. The van der Waals surface area contributed by atoms with Gasteiger partial charge in [0.05, 0.1) is 16.3 Å². The number of nitrogens with one attached hydrogen (secondary N) is 1. The van der Waals surface area contributed by atoms with Crippen molar-refractivity contribution >= 4 is 29.4 Å². The number of hydrogen-bond acceptors (Lipinski definition) is 3. The molecule has 1 amide bonds. The summed E-state index contributed by atoms with van der Waals surface area (Å²) in [5, 5.41) is 11.5. The molecule has 1 aromatic rings. The molecule has 6 heteroatoms. The van der Waals surface area contributed by atoms with Gasteiger partial charge >= 0.3 is 12.1 Å². The van der Waals surface area contributed by atoms with Crippen LogP contribution < -0.4 is 5.32 Å². The van der Waals surface area contributed by atoms with Gasteiger partial charge in [0.25, 0.3) is 0 Å². The summed E-state index contributed by atoms with van der Waals surface area (Å²) in [6.07, 6.45) is -0.752. The van der Waals surface area contributed by atoms with Gasteiger partial charge in [-0.25, -0.2) is 9.59 Å². The van der Waals surface area contributed by atoms with E-state index < -0.39 is 17.7 Å². The Labute approximate surface area is 110 Å². The summed E-state index contributed by atoms with van der Waals surface area (Å²) in [7, 11) is 0. The van der Waals surface area contributed by atoms with E-state index in [1.165, 1.54) is 18.2 Å². The highest BCUT2D eigenvalue weighted by atomic mass is 35.5. The van der Waals surface area contributed by atoms with E-state index in [9.17, 15) is 9.59 Å². The van der Waals surface area contributed by atoms with Crippen LogP contribution in [0.4, 0.5) is 10.5 Å². The Morgan fingerprint density at radius 3 is 2.44 bits per heavy atom. The first-order valence-electron chi connectivity index (χ1n) is 5.22. The molecule has 18 heavy (non-hydrogen) atoms. The Morgan fingerprint density at radius 2 is 1.94 bits per heavy atom. The topological polar surface area (TPSA) is 75.6 Å². The highest BCUT2D eigenvalue weighted by molar-refractivity contribution is 6.34. The zero-order valence-corrected chi connectivity index (χ0v) is 11.0. The molecule has 0 fully saturated rings. The lowest BCUT2D eigenvalue weighted by atomic mass is 10.2. The molecule has 0 aliphatic carbocycles. The molecule has 0 heterocycles. The van der Waals surface area contributed by atoms with Crippen molar-refractivity contribution < 1.29 is 19.4 Å². The molecule has 0 unspecified atom stereocenters. The van der Waals surface area contributed by atoms with E-state index in [1.807, 2.05) is 0 Å². The predicted molar refractivity (Wildman–Crippen MR) is 68.3 cm³/mol. The van der Waals surface area contributed by atoms with Crippen molar-refractivity contribution in [3.63, 3.8) is 0 Å². The largest absolute Gasteiger partial charge is 0.478 e. The maximum absolute atomic E-state index is 11.6. The molecule has 2 N–H and O–H groups in total. The number of carboxylic acid groups (broad SMARTS) is 1. The van der Waals surface area contributed by atoms with Crippen LogP contribution in [0.1, 0.15) is 31.1 Å². The maximum Gasteiger partial charge on any atom is 0.412 e. The van der Waals surface area contributed by atoms with Crippen LogP contribution in [0.25, 0.3) is 0 Å². The SMILES string of the molecule is CC(C)(C)OC(=O)Nc1c(Cl)cccc1C(=O)O. The van der Waals surface area contributed by atoms with Gasteiger partial charge < -0.3 is 9.84 Å². The fraction of sp³-hybridized carbons (Fsp3) is 0.333. The summed E-state index contributed by atoms with van der Waals surface area (Å²) >= 11 is 5.86. The van der Waals surface area contributed by atoms with Crippen molar-refractivity contribution in [2.45, 2.75) is 26.4 Å². The van der Waals surface area contributed by atoms with Crippen LogP contribution in [0, 0.1) is 0 Å². The number of anilines is 1. The lowest BCUT2D eigenvalue weighted by molar-refractivity contribution is 0.0636. The van der Waals surface area contributed by atoms with E-state index in [4.69, 9.17) is 21.4 Å². The van der Waals surface area contributed by atoms with E-state index in [2.05, 4.69) is 5.32 Å².